The molecule has 1 unspecified atom stereocenters. The van der Waals surface area contributed by atoms with Crippen molar-refractivity contribution in [3.05, 3.63) is 29.6 Å². The molecule has 1 rings (SSSR count). The van der Waals surface area contributed by atoms with E-state index in [1.165, 1.54) is 0 Å². The molecule has 0 aliphatic heterocycles. The molecule has 1 aromatic rings. The molecule has 3 nitrogen and oxygen atoms in total. The van der Waals surface area contributed by atoms with E-state index in [1.54, 1.807) is 6.20 Å². The average molecular weight is 166 g/mol. The van der Waals surface area contributed by atoms with Crippen LogP contribution < -0.4 is 5.73 Å². The Labute approximate surface area is 72.2 Å². The molecule has 0 aliphatic carbocycles. The van der Waals surface area contributed by atoms with Crippen molar-refractivity contribution in [2.75, 3.05) is 6.61 Å². The standard InChI is InChI=1S/C9H14N2O/c1-7-8(3-2-5-11-7)9(10)4-6-12/h2-3,5,9,12H,4,6,10H2,1H3. The summed E-state index contributed by atoms with van der Waals surface area (Å²) in [5, 5.41) is 8.69. The minimum Gasteiger partial charge on any atom is -0.396 e. The highest BCUT2D eigenvalue weighted by atomic mass is 16.3. The van der Waals surface area contributed by atoms with E-state index in [2.05, 4.69) is 4.98 Å². The topological polar surface area (TPSA) is 59.1 Å². The van der Waals surface area contributed by atoms with Crippen LogP contribution in [0.5, 0.6) is 0 Å². The highest BCUT2D eigenvalue weighted by Gasteiger charge is 2.07. The molecule has 0 amide bonds. The minimum atomic E-state index is -0.0938. The molecule has 12 heavy (non-hydrogen) atoms. The summed E-state index contributed by atoms with van der Waals surface area (Å²) in [7, 11) is 0. The second-order valence-electron chi connectivity index (χ2n) is 2.80. The van der Waals surface area contributed by atoms with Crippen molar-refractivity contribution in [2.24, 2.45) is 5.73 Å². The van der Waals surface area contributed by atoms with E-state index in [0.29, 0.717) is 6.42 Å². The molecule has 0 aliphatic rings. The molecule has 66 valence electrons. The lowest BCUT2D eigenvalue weighted by atomic mass is 10.0. The van der Waals surface area contributed by atoms with Crippen LogP contribution in [0.25, 0.3) is 0 Å². The number of hydrogen-bond donors (Lipinski definition) is 2. The van der Waals surface area contributed by atoms with Crippen molar-refractivity contribution in [3.8, 4) is 0 Å². The van der Waals surface area contributed by atoms with Crippen LogP contribution in [0.1, 0.15) is 23.7 Å². The first-order chi connectivity index (χ1) is 5.75. The Morgan fingerprint density at radius 3 is 3.00 bits per heavy atom. The normalized spacial score (nSPS) is 12.9. The predicted octanol–water partition coefficient (Wildman–Crippen LogP) is 0.772. The van der Waals surface area contributed by atoms with E-state index in [0.717, 1.165) is 11.3 Å². The van der Waals surface area contributed by atoms with Crippen molar-refractivity contribution < 1.29 is 5.11 Å². The molecule has 0 fully saturated rings. The molecule has 0 saturated heterocycles. The number of aliphatic hydroxyl groups excluding tert-OH is 1. The molecule has 0 spiro atoms. The Morgan fingerprint density at radius 1 is 1.67 bits per heavy atom. The maximum atomic E-state index is 8.69. The summed E-state index contributed by atoms with van der Waals surface area (Å²) in [4.78, 5) is 4.12. The van der Waals surface area contributed by atoms with Crippen LogP contribution in [0.2, 0.25) is 0 Å². The Hall–Kier alpha value is -0.930. The van der Waals surface area contributed by atoms with E-state index in [1.807, 2.05) is 19.1 Å². The van der Waals surface area contributed by atoms with E-state index >= 15 is 0 Å². The molecule has 1 atom stereocenters. The lowest BCUT2D eigenvalue weighted by molar-refractivity contribution is 0.276. The van der Waals surface area contributed by atoms with Gasteiger partial charge in [0.25, 0.3) is 0 Å². The van der Waals surface area contributed by atoms with Crippen molar-refractivity contribution in [1.82, 2.24) is 4.98 Å². The van der Waals surface area contributed by atoms with E-state index < -0.39 is 0 Å². The van der Waals surface area contributed by atoms with Gasteiger partial charge in [0.15, 0.2) is 0 Å². The first kappa shape index (κ1) is 9.16. The number of pyridine rings is 1. The molecule has 0 radical (unpaired) electrons. The minimum absolute atomic E-state index is 0.0938. The quantitative estimate of drug-likeness (QED) is 0.697. The number of nitrogens with zero attached hydrogens (tertiary/aromatic N) is 1. The molecule has 3 N–H and O–H groups in total. The maximum absolute atomic E-state index is 8.69. The fourth-order valence-electron chi connectivity index (χ4n) is 1.18. The monoisotopic (exact) mass is 166 g/mol. The summed E-state index contributed by atoms with van der Waals surface area (Å²) in [5.41, 5.74) is 7.77. The van der Waals surface area contributed by atoms with Gasteiger partial charge < -0.3 is 10.8 Å². The summed E-state index contributed by atoms with van der Waals surface area (Å²) in [5.74, 6) is 0. The van der Waals surface area contributed by atoms with Crippen LogP contribution in [0, 0.1) is 6.92 Å². The summed E-state index contributed by atoms with van der Waals surface area (Å²) in [6.07, 6.45) is 2.33. The fraction of sp³-hybridized carbons (Fsp3) is 0.444. The number of aliphatic hydroxyl groups is 1. The van der Waals surface area contributed by atoms with Crippen molar-refractivity contribution in [3.63, 3.8) is 0 Å². The molecule has 1 aromatic heterocycles. The van der Waals surface area contributed by atoms with Gasteiger partial charge in [-0.3, -0.25) is 4.98 Å². The van der Waals surface area contributed by atoms with Crippen LogP contribution in [-0.2, 0) is 0 Å². The van der Waals surface area contributed by atoms with Gasteiger partial charge in [0.2, 0.25) is 0 Å². The first-order valence-corrected chi connectivity index (χ1v) is 4.03. The van der Waals surface area contributed by atoms with E-state index in [4.69, 9.17) is 10.8 Å². The van der Waals surface area contributed by atoms with Crippen molar-refractivity contribution in [1.29, 1.82) is 0 Å². The third kappa shape index (κ3) is 2.03. The smallest absolute Gasteiger partial charge is 0.0449 e. The Balaban J connectivity index is 2.79. The molecule has 0 bridgehead atoms. The summed E-state index contributed by atoms with van der Waals surface area (Å²) in [6, 6.07) is 3.71. The van der Waals surface area contributed by atoms with Crippen LogP contribution >= 0.6 is 0 Å². The Kier molecular flexibility index (Phi) is 3.19. The van der Waals surface area contributed by atoms with Crippen molar-refractivity contribution >= 4 is 0 Å². The third-order valence-corrected chi connectivity index (χ3v) is 1.89. The Morgan fingerprint density at radius 2 is 2.42 bits per heavy atom. The van der Waals surface area contributed by atoms with E-state index in [9.17, 15) is 0 Å². The van der Waals surface area contributed by atoms with Gasteiger partial charge in [-0.1, -0.05) is 6.07 Å². The third-order valence-electron chi connectivity index (χ3n) is 1.89. The number of rotatable bonds is 3. The predicted molar refractivity (Wildman–Crippen MR) is 47.6 cm³/mol. The molecule has 1 heterocycles. The first-order valence-electron chi connectivity index (χ1n) is 4.03. The molecular weight excluding hydrogens is 152 g/mol. The van der Waals surface area contributed by atoms with Crippen LogP contribution in [0.15, 0.2) is 18.3 Å². The van der Waals surface area contributed by atoms with Gasteiger partial charge in [-0.15, -0.1) is 0 Å². The van der Waals surface area contributed by atoms with Crippen LogP contribution in [0.3, 0.4) is 0 Å². The van der Waals surface area contributed by atoms with Gasteiger partial charge >= 0.3 is 0 Å². The number of hydrogen-bond acceptors (Lipinski definition) is 3. The SMILES string of the molecule is Cc1ncccc1C(N)CCO. The largest absolute Gasteiger partial charge is 0.396 e. The summed E-state index contributed by atoms with van der Waals surface area (Å²) in [6.45, 7) is 2.04. The highest BCUT2D eigenvalue weighted by molar-refractivity contribution is 5.21. The number of aryl methyl sites for hydroxylation is 1. The van der Waals surface area contributed by atoms with Crippen LogP contribution in [0.4, 0.5) is 0 Å². The fourth-order valence-corrected chi connectivity index (χ4v) is 1.18. The van der Waals surface area contributed by atoms with Crippen LogP contribution in [-0.4, -0.2) is 16.7 Å². The van der Waals surface area contributed by atoms with Gasteiger partial charge in [-0.2, -0.15) is 0 Å². The molecule has 0 aromatic carbocycles. The second kappa shape index (κ2) is 4.18. The highest BCUT2D eigenvalue weighted by Crippen LogP contribution is 2.15. The molecule has 3 heteroatoms. The lowest BCUT2D eigenvalue weighted by Crippen LogP contribution is -2.13. The van der Waals surface area contributed by atoms with Gasteiger partial charge in [-0.25, -0.2) is 0 Å². The summed E-state index contributed by atoms with van der Waals surface area (Å²) < 4.78 is 0. The Bertz CT molecular complexity index is 250. The van der Waals surface area contributed by atoms with E-state index in [-0.39, 0.29) is 12.6 Å². The van der Waals surface area contributed by atoms with Crippen molar-refractivity contribution in [2.45, 2.75) is 19.4 Å². The maximum Gasteiger partial charge on any atom is 0.0449 e. The van der Waals surface area contributed by atoms with Gasteiger partial charge in [0.1, 0.15) is 0 Å². The zero-order chi connectivity index (χ0) is 8.97. The lowest BCUT2D eigenvalue weighted by Gasteiger charge is -2.11. The zero-order valence-corrected chi connectivity index (χ0v) is 7.20. The number of nitrogens with two attached hydrogens (primary N) is 1. The summed E-state index contributed by atoms with van der Waals surface area (Å²) >= 11 is 0. The molecule has 0 saturated carbocycles. The second-order valence-corrected chi connectivity index (χ2v) is 2.80. The van der Waals surface area contributed by atoms with Gasteiger partial charge in [0, 0.05) is 24.5 Å². The van der Waals surface area contributed by atoms with Gasteiger partial charge in [0.05, 0.1) is 0 Å². The zero-order valence-electron chi connectivity index (χ0n) is 7.20. The average Bonchev–Trinajstić information content (AvgIpc) is 2.05. The molecular formula is C9H14N2O. The van der Waals surface area contributed by atoms with Gasteiger partial charge in [-0.05, 0) is 25.0 Å². The number of aromatic nitrogens is 1.